The molecule has 0 spiro atoms. The van der Waals surface area contributed by atoms with E-state index in [9.17, 15) is 19.2 Å². The molecule has 0 saturated carbocycles. The number of nitrogens with two attached hydrogens (primary N) is 1. The lowest BCUT2D eigenvalue weighted by atomic mass is 9.94. The first-order valence-electron chi connectivity index (χ1n) is 8.51. The maximum absolute atomic E-state index is 12.1. The number of aryl methyl sites for hydroxylation is 1. The molecule has 0 radical (unpaired) electrons. The SMILES string of the molecule is CC[C@]1(COC(=O)CCC(N)=O)CNCC(n2cc(C)c(=O)[nH]c2=O)N1. The van der Waals surface area contributed by atoms with Crippen LogP contribution in [-0.4, -0.2) is 46.7 Å². The van der Waals surface area contributed by atoms with E-state index in [1.54, 1.807) is 6.92 Å². The maximum Gasteiger partial charge on any atom is 0.329 e. The number of aromatic nitrogens is 2. The fourth-order valence-electron chi connectivity index (χ4n) is 2.83. The Morgan fingerprint density at radius 1 is 1.38 bits per heavy atom. The monoisotopic (exact) mass is 367 g/mol. The van der Waals surface area contributed by atoms with Crippen molar-refractivity contribution in [3.63, 3.8) is 0 Å². The molecular weight excluding hydrogens is 342 g/mol. The normalized spacial score (nSPS) is 22.8. The van der Waals surface area contributed by atoms with E-state index < -0.39 is 34.8 Å². The number of hydrogen-bond acceptors (Lipinski definition) is 7. The predicted octanol–water partition coefficient (Wildman–Crippen LogP) is -1.51. The zero-order chi connectivity index (χ0) is 19.3. The van der Waals surface area contributed by atoms with Crippen molar-refractivity contribution in [3.8, 4) is 0 Å². The van der Waals surface area contributed by atoms with Gasteiger partial charge < -0.3 is 15.8 Å². The summed E-state index contributed by atoms with van der Waals surface area (Å²) in [6, 6.07) is 0. The molecule has 2 atom stereocenters. The number of carbonyl (C=O) groups excluding carboxylic acids is 2. The molecule has 1 aromatic heterocycles. The predicted molar refractivity (Wildman–Crippen MR) is 93.5 cm³/mol. The number of piperazine rings is 1. The quantitative estimate of drug-likeness (QED) is 0.428. The van der Waals surface area contributed by atoms with Crippen LogP contribution in [0.25, 0.3) is 0 Å². The number of rotatable bonds is 7. The second-order valence-corrected chi connectivity index (χ2v) is 6.53. The fourth-order valence-corrected chi connectivity index (χ4v) is 2.83. The van der Waals surface area contributed by atoms with E-state index in [1.165, 1.54) is 10.8 Å². The Hall–Kier alpha value is -2.46. The summed E-state index contributed by atoms with van der Waals surface area (Å²) < 4.78 is 6.71. The summed E-state index contributed by atoms with van der Waals surface area (Å²) >= 11 is 0. The van der Waals surface area contributed by atoms with E-state index >= 15 is 0 Å². The van der Waals surface area contributed by atoms with Crippen LogP contribution in [0.15, 0.2) is 15.8 Å². The molecule has 10 nitrogen and oxygen atoms in total. The van der Waals surface area contributed by atoms with Gasteiger partial charge in [0.05, 0.1) is 12.0 Å². The van der Waals surface area contributed by atoms with Crippen LogP contribution in [0, 0.1) is 6.92 Å². The lowest BCUT2D eigenvalue weighted by Crippen LogP contribution is -2.64. The highest BCUT2D eigenvalue weighted by atomic mass is 16.5. The van der Waals surface area contributed by atoms with Gasteiger partial charge in [-0.25, -0.2) is 4.79 Å². The molecular formula is C16H25N5O5. The molecule has 1 unspecified atom stereocenters. The van der Waals surface area contributed by atoms with E-state index in [1.807, 2.05) is 6.92 Å². The second kappa shape index (κ2) is 8.28. The van der Waals surface area contributed by atoms with Crippen LogP contribution in [0.5, 0.6) is 0 Å². The molecule has 1 aliphatic heterocycles. The van der Waals surface area contributed by atoms with Crippen LogP contribution in [0.2, 0.25) is 0 Å². The standard InChI is InChI=1S/C16H25N5O5/c1-3-16(9-26-13(23)5-4-11(17)22)8-18-6-12(20-16)21-7-10(2)14(24)19-15(21)25/h7,12,18,20H,3-6,8-9H2,1-2H3,(H2,17,22)(H,19,24,25)/t12?,16-/m1/s1. The minimum atomic E-state index is -0.575. The number of aromatic amines is 1. The first-order chi connectivity index (χ1) is 12.3. The number of esters is 1. The molecule has 10 heteroatoms. The van der Waals surface area contributed by atoms with E-state index in [0.29, 0.717) is 25.1 Å². The number of nitrogens with zero attached hydrogens (tertiary/aromatic N) is 1. The first kappa shape index (κ1) is 19.9. The molecule has 0 bridgehead atoms. The van der Waals surface area contributed by atoms with E-state index in [2.05, 4.69) is 15.6 Å². The van der Waals surface area contributed by atoms with Crippen LogP contribution < -0.4 is 27.6 Å². The Labute approximate surface area is 150 Å². The van der Waals surface area contributed by atoms with Gasteiger partial charge in [-0.1, -0.05) is 6.92 Å². The Morgan fingerprint density at radius 2 is 2.12 bits per heavy atom. The van der Waals surface area contributed by atoms with Gasteiger partial charge in [0.15, 0.2) is 0 Å². The minimum Gasteiger partial charge on any atom is -0.464 e. The molecule has 1 amide bonds. The molecule has 2 rings (SSSR count). The molecule has 1 saturated heterocycles. The molecule has 144 valence electrons. The number of hydrogen-bond donors (Lipinski definition) is 4. The molecule has 0 aromatic carbocycles. The summed E-state index contributed by atoms with van der Waals surface area (Å²) in [7, 11) is 0. The van der Waals surface area contributed by atoms with Crippen molar-refractivity contribution in [2.45, 2.75) is 44.8 Å². The fraction of sp³-hybridized carbons (Fsp3) is 0.625. The van der Waals surface area contributed by atoms with Gasteiger partial charge in [-0.05, 0) is 13.3 Å². The summed E-state index contributed by atoms with van der Waals surface area (Å²) in [6.45, 7) is 4.67. The molecule has 1 aliphatic rings. The van der Waals surface area contributed by atoms with Crippen molar-refractivity contribution in [2.75, 3.05) is 19.7 Å². The molecule has 1 aromatic rings. The summed E-state index contributed by atoms with van der Waals surface area (Å²) in [5.41, 5.74) is 3.95. The number of nitrogens with one attached hydrogen (secondary N) is 3. The third-order valence-corrected chi connectivity index (χ3v) is 4.52. The minimum absolute atomic E-state index is 0.0572. The first-order valence-corrected chi connectivity index (χ1v) is 8.51. The summed E-state index contributed by atoms with van der Waals surface area (Å²) in [5.74, 6) is -1.06. The van der Waals surface area contributed by atoms with Crippen molar-refractivity contribution in [1.29, 1.82) is 0 Å². The summed E-state index contributed by atoms with van der Waals surface area (Å²) in [6.07, 6.45) is 1.61. The molecule has 1 fully saturated rings. The summed E-state index contributed by atoms with van der Waals surface area (Å²) in [4.78, 5) is 48.5. The topological polar surface area (TPSA) is 148 Å². The van der Waals surface area contributed by atoms with Gasteiger partial charge in [-0.15, -0.1) is 0 Å². The number of ether oxygens (including phenoxy) is 1. The third kappa shape index (κ3) is 4.79. The van der Waals surface area contributed by atoms with Gasteiger partial charge in [0.1, 0.15) is 12.8 Å². The lowest BCUT2D eigenvalue weighted by molar-refractivity contribution is -0.147. The van der Waals surface area contributed by atoms with Crippen LogP contribution in [-0.2, 0) is 14.3 Å². The van der Waals surface area contributed by atoms with Crippen molar-refractivity contribution in [3.05, 3.63) is 32.6 Å². The number of carbonyl (C=O) groups is 2. The van der Waals surface area contributed by atoms with Gasteiger partial charge in [0.25, 0.3) is 5.56 Å². The zero-order valence-electron chi connectivity index (χ0n) is 15.0. The lowest BCUT2D eigenvalue weighted by Gasteiger charge is -2.42. The zero-order valence-corrected chi connectivity index (χ0v) is 15.0. The van der Waals surface area contributed by atoms with Crippen LogP contribution in [0.4, 0.5) is 0 Å². The van der Waals surface area contributed by atoms with E-state index in [0.717, 1.165) is 0 Å². The third-order valence-electron chi connectivity index (χ3n) is 4.52. The Balaban J connectivity index is 2.09. The Morgan fingerprint density at radius 3 is 2.77 bits per heavy atom. The van der Waals surface area contributed by atoms with Crippen LogP contribution in [0.1, 0.15) is 37.9 Å². The smallest absolute Gasteiger partial charge is 0.329 e. The van der Waals surface area contributed by atoms with Gasteiger partial charge >= 0.3 is 11.7 Å². The highest BCUT2D eigenvalue weighted by molar-refractivity contribution is 5.79. The van der Waals surface area contributed by atoms with Crippen molar-refractivity contribution < 1.29 is 14.3 Å². The van der Waals surface area contributed by atoms with Crippen molar-refractivity contribution >= 4 is 11.9 Å². The van der Waals surface area contributed by atoms with Crippen molar-refractivity contribution in [2.24, 2.45) is 5.73 Å². The van der Waals surface area contributed by atoms with Gasteiger partial charge in [0, 0.05) is 31.3 Å². The van der Waals surface area contributed by atoms with Gasteiger partial charge in [-0.2, -0.15) is 0 Å². The van der Waals surface area contributed by atoms with Gasteiger partial charge in [-0.3, -0.25) is 29.3 Å². The highest BCUT2D eigenvalue weighted by Gasteiger charge is 2.36. The van der Waals surface area contributed by atoms with Crippen molar-refractivity contribution in [1.82, 2.24) is 20.2 Å². The average Bonchev–Trinajstić information content (AvgIpc) is 2.61. The molecule has 2 heterocycles. The largest absolute Gasteiger partial charge is 0.464 e. The number of amides is 1. The van der Waals surface area contributed by atoms with E-state index in [4.69, 9.17) is 10.5 Å². The number of primary amides is 1. The van der Waals surface area contributed by atoms with Crippen LogP contribution >= 0.6 is 0 Å². The Bertz CT molecular complexity index is 786. The van der Waals surface area contributed by atoms with Crippen LogP contribution in [0.3, 0.4) is 0 Å². The molecule has 5 N–H and O–H groups in total. The van der Waals surface area contributed by atoms with Gasteiger partial charge in [0.2, 0.25) is 5.91 Å². The van der Waals surface area contributed by atoms with E-state index in [-0.39, 0.29) is 19.4 Å². The molecule has 0 aliphatic carbocycles. The maximum atomic E-state index is 12.1. The average molecular weight is 367 g/mol. The summed E-state index contributed by atoms with van der Waals surface area (Å²) in [5, 5.41) is 6.58. The second-order valence-electron chi connectivity index (χ2n) is 6.53. The highest BCUT2D eigenvalue weighted by Crippen LogP contribution is 2.18. The number of H-pyrrole nitrogens is 1. The molecule has 26 heavy (non-hydrogen) atoms. The Kier molecular flexibility index (Phi) is 6.32.